The van der Waals surface area contributed by atoms with Crippen molar-refractivity contribution in [2.24, 2.45) is 0 Å². The zero-order valence-corrected chi connectivity index (χ0v) is 12.0. The van der Waals surface area contributed by atoms with Crippen LogP contribution in [0.1, 0.15) is 38.2 Å². The van der Waals surface area contributed by atoms with Crippen molar-refractivity contribution in [2.75, 3.05) is 13.7 Å². The van der Waals surface area contributed by atoms with E-state index in [1.807, 2.05) is 24.3 Å². The molecule has 1 fully saturated rings. The minimum Gasteiger partial charge on any atom is -0.497 e. The minimum atomic E-state index is -0.710. The molecule has 0 saturated heterocycles. The number of carbonyl (C=O) groups excluding carboxylic acids is 2. The molecule has 4 heteroatoms. The number of benzene rings is 1. The van der Waals surface area contributed by atoms with Crippen molar-refractivity contribution >= 4 is 11.8 Å². The summed E-state index contributed by atoms with van der Waals surface area (Å²) in [4.78, 5) is 24.0. The number of rotatable bonds is 4. The molecule has 108 valence electrons. The molecule has 4 nitrogen and oxygen atoms in total. The monoisotopic (exact) mass is 276 g/mol. The molecule has 0 unspecified atom stereocenters. The molecule has 2 rings (SSSR count). The summed E-state index contributed by atoms with van der Waals surface area (Å²) in [5.74, 6) is 0.691. The van der Waals surface area contributed by atoms with Gasteiger partial charge < -0.3 is 9.47 Å². The Morgan fingerprint density at radius 3 is 2.60 bits per heavy atom. The molecule has 1 aliphatic carbocycles. The Kier molecular flexibility index (Phi) is 4.42. The molecule has 0 atom stereocenters. The summed E-state index contributed by atoms with van der Waals surface area (Å²) in [7, 11) is 1.60. The highest BCUT2D eigenvalue weighted by Crippen LogP contribution is 2.40. The van der Waals surface area contributed by atoms with Crippen LogP contribution in [0.25, 0.3) is 0 Å². The van der Waals surface area contributed by atoms with E-state index in [0.29, 0.717) is 38.0 Å². The number of ether oxygens (including phenoxy) is 2. The van der Waals surface area contributed by atoms with Crippen LogP contribution in [0, 0.1) is 0 Å². The highest BCUT2D eigenvalue weighted by Gasteiger charge is 2.44. The number of ketones is 1. The number of hydrogen-bond donors (Lipinski definition) is 0. The summed E-state index contributed by atoms with van der Waals surface area (Å²) in [6, 6.07) is 7.49. The first kappa shape index (κ1) is 14.6. The zero-order valence-electron chi connectivity index (χ0n) is 12.0. The number of carbonyl (C=O) groups is 2. The molecule has 0 radical (unpaired) electrons. The van der Waals surface area contributed by atoms with Crippen molar-refractivity contribution in [3.05, 3.63) is 29.8 Å². The molecule has 1 saturated carbocycles. The maximum absolute atomic E-state index is 12.5. The van der Waals surface area contributed by atoms with Gasteiger partial charge in [-0.3, -0.25) is 9.59 Å². The van der Waals surface area contributed by atoms with Crippen LogP contribution in [0.15, 0.2) is 24.3 Å². The summed E-state index contributed by atoms with van der Waals surface area (Å²) in [6.07, 6.45) is 1.88. The maximum atomic E-state index is 12.5. The molecule has 0 aromatic heterocycles. The van der Waals surface area contributed by atoms with Crippen LogP contribution in [0.2, 0.25) is 0 Å². The van der Waals surface area contributed by atoms with Crippen LogP contribution in [-0.2, 0) is 19.7 Å². The van der Waals surface area contributed by atoms with Gasteiger partial charge in [0.1, 0.15) is 11.5 Å². The largest absolute Gasteiger partial charge is 0.497 e. The molecule has 1 aromatic carbocycles. The molecule has 20 heavy (non-hydrogen) atoms. The van der Waals surface area contributed by atoms with E-state index in [1.165, 1.54) is 0 Å². The quantitative estimate of drug-likeness (QED) is 0.793. The van der Waals surface area contributed by atoms with E-state index in [1.54, 1.807) is 14.0 Å². The number of Topliss-reactive ketones (excluding diaryl/α,β-unsaturated/α-hetero) is 1. The van der Waals surface area contributed by atoms with Gasteiger partial charge in [-0.05, 0) is 37.5 Å². The molecule has 0 amide bonds. The van der Waals surface area contributed by atoms with Crippen LogP contribution < -0.4 is 4.74 Å². The fourth-order valence-corrected chi connectivity index (χ4v) is 2.76. The first-order chi connectivity index (χ1) is 9.62. The molecule has 0 bridgehead atoms. The molecule has 0 N–H and O–H groups in total. The van der Waals surface area contributed by atoms with Gasteiger partial charge in [0.15, 0.2) is 0 Å². The number of esters is 1. The van der Waals surface area contributed by atoms with E-state index in [0.717, 1.165) is 5.56 Å². The fraction of sp³-hybridized carbons (Fsp3) is 0.500. The first-order valence-corrected chi connectivity index (χ1v) is 6.96. The van der Waals surface area contributed by atoms with Crippen LogP contribution in [-0.4, -0.2) is 25.5 Å². The van der Waals surface area contributed by atoms with Gasteiger partial charge in [0.05, 0.1) is 19.1 Å². The Morgan fingerprint density at radius 1 is 1.30 bits per heavy atom. The van der Waals surface area contributed by atoms with Crippen molar-refractivity contribution in [3.63, 3.8) is 0 Å². The third kappa shape index (κ3) is 2.69. The van der Waals surface area contributed by atoms with E-state index in [2.05, 4.69) is 0 Å². The van der Waals surface area contributed by atoms with Gasteiger partial charge in [-0.1, -0.05) is 12.1 Å². The lowest BCUT2D eigenvalue weighted by atomic mass is 9.69. The molecule has 1 aliphatic rings. The Balaban J connectivity index is 2.39. The summed E-state index contributed by atoms with van der Waals surface area (Å²) >= 11 is 0. The first-order valence-electron chi connectivity index (χ1n) is 6.96. The summed E-state index contributed by atoms with van der Waals surface area (Å²) in [5.41, 5.74) is 0.168. The normalized spacial score (nSPS) is 17.6. The van der Waals surface area contributed by atoms with Crippen LogP contribution >= 0.6 is 0 Å². The van der Waals surface area contributed by atoms with Gasteiger partial charge in [0, 0.05) is 12.8 Å². The van der Waals surface area contributed by atoms with E-state index in [9.17, 15) is 9.59 Å². The Bertz CT molecular complexity index is 497. The smallest absolute Gasteiger partial charge is 0.316 e. The predicted octanol–water partition coefficient (Wildman–Crippen LogP) is 2.64. The number of methoxy groups -OCH3 is 1. The maximum Gasteiger partial charge on any atom is 0.316 e. The van der Waals surface area contributed by atoms with Crippen molar-refractivity contribution in [2.45, 2.75) is 38.0 Å². The predicted molar refractivity (Wildman–Crippen MR) is 74.8 cm³/mol. The van der Waals surface area contributed by atoms with Gasteiger partial charge in [0.25, 0.3) is 0 Å². The van der Waals surface area contributed by atoms with Gasteiger partial charge in [-0.15, -0.1) is 0 Å². The third-order valence-corrected chi connectivity index (χ3v) is 3.95. The summed E-state index contributed by atoms with van der Waals surface area (Å²) in [6.45, 7) is 2.14. The average Bonchev–Trinajstić information content (AvgIpc) is 2.48. The topological polar surface area (TPSA) is 52.6 Å². The van der Waals surface area contributed by atoms with Gasteiger partial charge >= 0.3 is 5.97 Å². The Hall–Kier alpha value is -1.84. The fourth-order valence-electron chi connectivity index (χ4n) is 2.76. The third-order valence-electron chi connectivity index (χ3n) is 3.95. The van der Waals surface area contributed by atoms with Crippen LogP contribution in [0.3, 0.4) is 0 Å². The molecular formula is C16H20O4. The summed E-state index contributed by atoms with van der Waals surface area (Å²) < 4.78 is 10.5. The lowest BCUT2D eigenvalue weighted by Gasteiger charge is -2.34. The molecular weight excluding hydrogens is 256 g/mol. The van der Waals surface area contributed by atoms with E-state index in [4.69, 9.17) is 9.47 Å². The summed E-state index contributed by atoms with van der Waals surface area (Å²) in [5, 5.41) is 0. The Labute approximate surface area is 119 Å². The highest BCUT2D eigenvalue weighted by molar-refractivity contribution is 5.88. The van der Waals surface area contributed by atoms with E-state index >= 15 is 0 Å². The second-order valence-electron chi connectivity index (χ2n) is 5.07. The lowest BCUT2D eigenvalue weighted by molar-refractivity contribution is -0.152. The average molecular weight is 276 g/mol. The number of hydrogen-bond acceptors (Lipinski definition) is 4. The van der Waals surface area contributed by atoms with Crippen molar-refractivity contribution < 1.29 is 19.1 Å². The standard InChI is InChI=1S/C16H20O4/c1-3-20-15(18)16(9-7-13(17)8-10-16)12-5-4-6-14(11-12)19-2/h4-6,11H,3,7-10H2,1-2H3. The zero-order chi connectivity index (χ0) is 14.6. The van der Waals surface area contributed by atoms with Crippen molar-refractivity contribution in [3.8, 4) is 5.75 Å². The van der Waals surface area contributed by atoms with Crippen LogP contribution in [0.5, 0.6) is 5.75 Å². The lowest BCUT2D eigenvalue weighted by Crippen LogP contribution is -2.41. The Morgan fingerprint density at radius 2 is 2.00 bits per heavy atom. The molecule has 0 heterocycles. The minimum absolute atomic E-state index is 0.216. The molecule has 0 spiro atoms. The van der Waals surface area contributed by atoms with Crippen molar-refractivity contribution in [1.82, 2.24) is 0 Å². The van der Waals surface area contributed by atoms with Gasteiger partial charge in [0.2, 0.25) is 0 Å². The van der Waals surface area contributed by atoms with E-state index < -0.39 is 5.41 Å². The molecule has 1 aromatic rings. The highest BCUT2D eigenvalue weighted by atomic mass is 16.5. The van der Waals surface area contributed by atoms with Gasteiger partial charge in [-0.2, -0.15) is 0 Å². The van der Waals surface area contributed by atoms with Crippen LogP contribution in [0.4, 0.5) is 0 Å². The van der Waals surface area contributed by atoms with Crippen molar-refractivity contribution in [1.29, 1.82) is 0 Å². The SMILES string of the molecule is CCOC(=O)C1(c2cccc(OC)c2)CCC(=O)CC1. The molecule has 0 aliphatic heterocycles. The second kappa shape index (κ2) is 6.07. The second-order valence-corrected chi connectivity index (χ2v) is 5.07. The van der Waals surface area contributed by atoms with Gasteiger partial charge in [-0.25, -0.2) is 0 Å². The van der Waals surface area contributed by atoms with E-state index in [-0.39, 0.29) is 11.8 Å².